The van der Waals surface area contributed by atoms with E-state index in [4.69, 9.17) is 19.3 Å². The molecular formula is C14H25NO9. The molecule has 1 fully saturated rings. The van der Waals surface area contributed by atoms with Gasteiger partial charge in [0, 0.05) is 27.6 Å². The first-order valence-electron chi connectivity index (χ1n) is 7.34. The van der Waals surface area contributed by atoms with Gasteiger partial charge in [0.1, 0.15) is 18.3 Å². The summed E-state index contributed by atoms with van der Waals surface area (Å²) in [5.74, 6) is -3.17. The van der Waals surface area contributed by atoms with Gasteiger partial charge in [-0.2, -0.15) is 0 Å². The van der Waals surface area contributed by atoms with Crippen molar-refractivity contribution in [3.8, 4) is 0 Å². The van der Waals surface area contributed by atoms with Crippen LogP contribution in [0.5, 0.6) is 0 Å². The number of aliphatic hydroxyl groups is 3. The molecule has 10 heteroatoms. The first-order valence-corrected chi connectivity index (χ1v) is 7.34. The predicted molar refractivity (Wildman–Crippen MR) is 78.7 cm³/mol. The average molecular weight is 351 g/mol. The maximum atomic E-state index is 12.1. The summed E-state index contributed by atoms with van der Waals surface area (Å²) in [6.07, 6.45) is -5.38. The lowest BCUT2D eigenvalue weighted by Crippen LogP contribution is -2.68. The zero-order valence-corrected chi connectivity index (χ0v) is 14.1. The molecule has 0 spiro atoms. The quantitative estimate of drug-likeness (QED) is 0.367. The molecule has 24 heavy (non-hydrogen) atoms. The normalized spacial score (nSPS) is 32.7. The van der Waals surface area contributed by atoms with E-state index in [2.05, 4.69) is 10.1 Å². The predicted octanol–water partition coefficient (Wildman–Crippen LogP) is -2.48. The Labute approximate surface area is 139 Å². The molecule has 0 aliphatic carbocycles. The molecule has 140 valence electrons. The van der Waals surface area contributed by atoms with Crippen LogP contribution in [0.3, 0.4) is 0 Å². The molecule has 4 N–H and O–H groups in total. The van der Waals surface area contributed by atoms with Crippen LogP contribution >= 0.6 is 0 Å². The number of amides is 1. The fraction of sp³-hybridized carbons (Fsp3) is 0.857. The van der Waals surface area contributed by atoms with Crippen LogP contribution in [-0.2, 0) is 28.5 Å². The van der Waals surface area contributed by atoms with E-state index in [-0.39, 0.29) is 6.42 Å². The first-order chi connectivity index (χ1) is 11.3. The Bertz CT molecular complexity index is 446. The lowest BCUT2D eigenvalue weighted by molar-refractivity contribution is -0.306. The molecule has 10 nitrogen and oxygen atoms in total. The first kappa shape index (κ1) is 20.7. The summed E-state index contributed by atoms with van der Waals surface area (Å²) in [4.78, 5) is 23.6. The van der Waals surface area contributed by atoms with Gasteiger partial charge in [-0.1, -0.05) is 0 Å². The number of esters is 1. The van der Waals surface area contributed by atoms with Crippen LogP contribution < -0.4 is 5.32 Å². The number of nitrogens with one attached hydrogen (secondary N) is 1. The van der Waals surface area contributed by atoms with Crippen LogP contribution in [0.1, 0.15) is 13.3 Å². The van der Waals surface area contributed by atoms with Crippen LogP contribution in [0.2, 0.25) is 0 Å². The van der Waals surface area contributed by atoms with Gasteiger partial charge in [-0.25, -0.2) is 4.79 Å². The van der Waals surface area contributed by atoms with E-state index in [0.29, 0.717) is 0 Å². The fourth-order valence-corrected chi connectivity index (χ4v) is 2.70. The summed E-state index contributed by atoms with van der Waals surface area (Å²) >= 11 is 0. The van der Waals surface area contributed by atoms with Crippen molar-refractivity contribution in [2.24, 2.45) is 0 Å². The Morgan fingerprint density at radius 1 is 1.33 bits per heavy atom. The van der Waals surface area contributed by atoms with Gasteiger partial charge in [0.25, 0.3) is 5.79 Å². The zero-order chi connectivity index (χ0) is 18.5. The molecule has 0 radical (unpaired) electrons. The van der Waals surface area contributed by atoms with Crippen LogP contribution in [0, 0.1) is 0 Å². The lowest BCUT2D eigenvalue weighted by Gasteiger charge is -2.47. The van der Waals surface area contributed by atoms with E-state index in [1.807, 2.05) is 0 Å². The van der Waals surface area contributed by atoms with Gasteiger partial charge in [-0.05, 0) is 0 Å². The molecule has 1 rings (SSSR count). The topological polar surface area (TPSA) is 144 Å². The Balaban J connectivity index is 3.26. The van der Waals surface area contributed by atoms with Crippen molar-refractivity contribution in [1.29, 1.82) is 0 Å². The second-order valence-corrected chi connectivity index (χ2v) is 5.48. The third-order valence-corrected chi connectivity index (χ3v) is 3.97. The van der Waals surface area contributed by atoms with Crippen molar-refractivity contribution in [3.63, 3.8) is 0 Å². The zero-order valence-electron chi connectivity index (χ0n) is 14.1. The van der Waals surface area contributed by atoms with Crippen molar-refractivity contribution >= 4 is 11.9 Å². The van der Waals surface area contributed by atoms with Gasteiger partial charge in [0.2, 0.25) is 5.91 Å². The molecule has 0 saturated carbocycles. The number of methoxy groups -OCH3 is 3. The van der Waals surface area contributed by atoms with Gasteiger partial charge in [-0.15, -0.1) is 0 Å². The second kappa shape index (κ2) is 8.70. The Hall–Kier alpha value is -1.30. The van der Waals surface area contributed by atoms with Gasteiger partial charge >= 0.3 is 5.97 Å². The van der Waals surface area contributed by atoms with Crippen LogP contribution in [-0.4, -0.2) is 91.4 Å². The van der Waals surface area contributed by atoms with E-state index in [1.54, 1.807) is 0 Å². The van der Waals surface area contributed by atoms with Crippen molar-refractivity contribution in [3.05, 3.63) is 0 Å². The Morgan fingerprint density at radius 3 is 2.38 bits per heavy atom. The van der Waals surface area contributed by atoms with Crippen molar-refractivity contribution in [1.82, 2.24) is 5.32 Å². The SMILES string of the molecule is COC(=O)[C@]1(OC)C[C@H](OC)[C@@H](NC(C)=O)[C@H]([C@H](O)[C@H](O)CO)O1. The average Bonchev–Trinajstić information content (AvgIpc) is 2.59. The number of aliphatic hydroxyl groups excluding tert-OH is 3. The van der Waals surface area contributed by atoms with E-state index in [1.165, 1.54) is 21.1 Å². The molecular weight excluding hydrogens is 326 g/mol. The monoisotopic (exact) mass is 351 g/mol. The molecule has 0 aromatic rings. The van der Waals surface area contributed by atoms with Crippen molar-refractivity contribution in [2.75, 3.05) is 27.9 Å². The van der Waals surface area contributed by atoms with Gasteiger partial charge in [-0.3, -0.25) is 4.79 Å². The highest BCUT2D eigenvalue weighted by molar-refractivity contribution is 5.78. The van der Waals surface area contributed by atoms with Gasteiger partial charge in [0.15, 0.2) is 0 Å². The summed E-state index contributed by atoms with van der Waals surface area (Å²) in [6, 6.07) is -0.892. The summed E-state index contributed by atoms with van der Waals surface area (Å²) in [7, 11) is 3.71. The number of rotatable bonds is 7. The van der Waals surface area contributed by atoms with Gasteiger partial charge < -0.3 is 39.6 Å². The minimum Gasteiger partial charge on any atom is -0.465 e. The molecule has 1 aliphatic rings. The maximum Gasteiger partial charge on any atom is 0.366 e. The molecule has 0 unspecified atom stereocenters. The van der Waals surface area contributed by atoms with Gasteiger partial charge in [0.05, 0.1) is 25.9 Å². The molecule has 0 aromatic heterocycles. The minimum atomic E-state index is -1.88. The minimum absolute atomic E-state index is 0.115. The van der Waals surface area contributed by atoms with E-state index in [0.717, 1.165) is 7.11 Å². The van der Waals surface area contributed by atoms with E-state index >= 15 is 0 Å². The van der Waals surface area contributed by atoms with Crippen molar-refractivity contribution < 1.29 is 43.9 Å². The Morgan fingerprint density at radius 2 is 1.96 bits per heavy atom. The highest BCUT2D eigenvalue weighted by atomic mass is 16.7. The maximum absolute atomic E-state index is 12.1. The van der Waals surface area contributed by atoms with Crippen LogP contribution in [0.4, 0.5) is 0 Å². The number of hydrogen-bond acceptors (Lipinski definition) is 9. The van der Waals surface area contributed by atoms with Crippen LogP contribution in [0.25, 0.3) is 0 Å². The number of hydrogen-bond donors (Lipinski definition) is 4. The number of carbonyl (C=O) groups is 2. The fourth-order valence-electron chi connectivity index (χ4n) is 2.70. The Kier molecular flexibility index (Phi) is 7.52. The second-order valence-electron chi connectivity index (χ2n) is 5.48. The summed E-state index contributed by atoms with van der Waals surface area (Å²) in [5, 5.41) is 31.6. The third-order valence-electron chi connectivity index (χ3n) is 3.97. The highest BCUT2D eigenvalue weighted by Crippen LogP contribution is 2.34. The molecule has 0 aromatic carbocycles. The molecule has 1 aliphatic heterocycles. The number of ether oxygens (including phenoxy) is 4. The van der Waals surface area contributed by atoms with Crippen molar-refractivity contribution in [2.45, 2.75) is 49.6 Å². The molecule has 1 amide bonds. The molecule has 1 heterocycles. The summed E-state index contributed by atoms with van der Waals surface area (Å²) in [5.41, 5.74) is 0. The molecule has 1 saturated heterocycles. The molecule has 0 bridgehead atoms. The lowest BCUT2D eigenvalue weighted by atomic mass is 9.88. The summed E-state index contributed by atoms with van der Waals surface area (Å²) < 4.78 is 20.8. The third kappa shape index (κ3) is 4.21. The van der Waals surface area contributed by atoms with E-state index in [9.17, 15) is 19.8 Å². The standard InChI is InChI=1S/C14H25NO9/c1-7(17)15-10-9(21-2)5-14(23-4,13(20)22-3)24-12(10)11(19)8(18)6-16/h8-12,16,18-19H,5-6H2,1-4H3,(H,15,17)/t8-,9+,10-,11-,12-,14+/m1/s1. The van der Waals surface area contributed by atoms with Crippen LogP contribution in [0.15, 0.2) is 0 Å². The smallest absolute Gasteiger partial charge is 0.366 e. The highest BCUT2D eigenvalue weighted by Gasteiger charge is 2.56. The summed E-state index contributed by atoms with van der Waals surface area (Å²) in [6.45, 7) is 0.515. The largest absolute Gasteiger partial charge is 0.465 e. The molecule has 6 atom stereocenters. The number of carbonyl (C=O) groups excluding carboxylic acids is 2. The van der Waals surface area contributed by atoms with E-state index < -0.39 is 54.7 Å².